The average Bonchev–Trinajstić information content (AvgIpc) is 2.40. The number of halogens is 2. The standard InChI is InChI=1S/C15H21Cl2NO2/c1-2-3-4-5-6-7-8-20-15-13(16)9-12(11-18-19)10-14(15)17/h9-11,19H,2-8H2,1H3/b18-11+. The maximum absolute atomic E-state index is 8.48. The molecule has 0 heterocycles. The van der Waals surface area contributed by atoms with Crippen molar-refractivity contribution >= 4 is 29.4 Å². The maximum Gasteiger partial charge on any atom is 0.156 e. The minimum atomic E-state index is 0.429. The number of nitrogens with zero attached hydrogens (tertiary/aromatic N) is 1. The van der Waals surface area contributed by atoms with E-state index in [9.17, 15) is 0 Å². The molecule has 0 atom stereocenters. The van der Waals surface area contributed by atoms with Crippen LogP contribution in [0.25, 0.3) is 0 Å². The van der Waals surface area contributed by atoms with Gasteiger partial charge in [0.15, 0.2) is 5.75 Å². The molecule has 112 valence electrons. The second-order valence-electron chi connectivity index (χ2n) is 4.67. The predicted octanol–water partition coefficient (Wildman–Crippen LogP) is 5.54. The first-order valence-corrected chi connectivity index (χ1v) is 7.74. The van der Waals surface area contributed by atoms with Gasteiger partial charge in [-0.15, -0.1) is 0 Å². The molecule has 1 N–H and O–H groups in total. The third-order valence-corrected chi connectivity index (χ3v) is 3.53. The molecule has 1 rings (SSSR count). The zero-order valence-electron chi connectivity index (χ0n) is 11.7. The quantitative estimate of drug-likeness (QED) is 0.281. The Morgan fingerprint density at radius 1 is 1.10 bits per heavy atom. The van der Waals surface area contributed by atoms with Crippen molar-refractivity contribution in [3.05, 3.63) is 27.7 Å². The molecule has 1 aromatic rings. The second kappa shape index (κ2) is 9.89. The van der Waals surface area contributed by atoms with Crippen LogP contribution in [0, 0.1) is 0 Å². The van der Waals surface area contributed by atoms with Crippen LogP contribution in [0.2, 0.25) is 10.0 Å². The average molecular weight is 318 g/mol. The Balaban J connectivity index is 2.40. The van der Waals surface area contributed by atoms with Gasteiger partial charge in [-0.05, 0) is 24.1 Å². The molecule has 20 heavy (non-hydrogen) atoms. The normalized spacial score (nSPS) is 11.2. The summed E-state index contributed by atoms with van der Waals surface area (Å²) in [6.07, 6.45) is 8.51. The lowest BCUT2D eigenvalue weighted by molar-refractivity contribution is 0.304. The minimum absolute atomic E-state index is 0.429. The topological polar surface area (TPSA) is 41.8 Å². The zero-order chi connectivity index (χ0) is 14.8. The smallest absolute Gasteiger partial charge is 0.156 e. The second-order valence-corrected chi connectivity index (χ2v) is 5.49. The highest BCUT2D eigenvalue weighted by atomic mass is 35.5. The molecule has 0 unspecified atom stereocenters. The summed E-state index contributed by atoms with van der Waals surface area (Å²) in [4.78, 5) is 0. The van der Waals surface area contributed by atoms with Gasteiger partial charge >= 0.3 is 0 Å². The summed E-state index contributed by atoms with van der Waals surface area (Å²) in [7, 11) is 0. The van der Waals surface area contributed by atoms with E-state index in [1.807, 2.05) is 0 Å². The molecule has 0 amide bonds. The summed E-state index contributed by atoms with van der Waals surface area (Å²) in [5.41, 5.74) is 0.634. The first-order chi connectivity index (χ1) is 9.69. The van der Waals surface area contributed by atoms with E-state index >= 15 is 0 Å². The van der Waals surface area contributed by atoms with Crippen LogP contribution in [0.1, 0.15) is 51.0 Å². The number of unbranched alkanes of at least 4 members (excludes halogenated alkanes) is 5. The van der Waals surface area contributed by atoms with Crippen LogP contribution in [-0.2, 0) is 0 Å². The molecule has 0 spiro atoms. The molecule has 0 aliphatic carbocycles. The third kappa shape index (κ3) is 6.02. The molecule has 0 fully saturated rings. The predicted molar refractivity (Wildman–Crippen MR) is 84.7 cm³/mol. The summed E-state index contributed by atoms with van der Waals surface area (Å²) < 4.78 is 5.64. The van der Waals surface area contributed by atoms with Gasteiger partial charge < -0.3 is 9.94 Å². The van der Waals surface area contributed by atoms with Gasteiger partial charge in [-0.2, -0.15) is 0 Å². The van der Waals surface area contributed by atoms with E-state index in [1.54, 1.807) is 12.1 Å². The van der Waals surface area contributed by atoms with Gasteiger partial charge in [0.05, 0.1) is 22.9 Å². The summed E-state index contributed by atoms with van der Waals surface area (Å²) >= 11 is 12.2. The molecule has 1 aromatic carbocycles. The first-order valence-electron chi connectivity index (χ1n) is 6.98. The maximum atomic E-state index is 8.48. The summed E-state index contributed by atoms with van der Waals surface area (Å²) in [5, 5.41) is 12.3. The van der Waals surface area contributed by atoms with E-state index in [1.165, 1.54) is 31.9 Å². The molecule has 0 radical (unpaired) electrons. The Morgan fingerprint density at radius 3 is 2.30 bits per heavy atom. The summed E-state index contributed by atoms with van der Waals surface area (Å²) in [6, 6.07) is 3.31. The highest BCUT2D eigenvalue weighted by Gasteiger charge is 2.09. The van der Waals surface area contributed by atoms with Crippen LogP contribution < -0.4 is 4.74 Å². The van der Waals surface area contributed by atoms with E-state index < -0.39 is 0 Å². The third-order valence-electron chi connectivity index (χ3n) is 2.97. The number of benzene rings is 1. The van der Waals surface area contributed by atoms with Crippen LogP contribution in [0.3, 0.4) is 0 Å². The molecular formula is C15H21Cl2NO2. The Kier molecular flexibility index (Phi) is 8.47. The molecule has 3 nitrogen and oxygen atoms in total. The lowest BCUT2D eigenvalue weighted by atomic mass is 10.1. The number of ether oxygens (including phenoxy) is 1. The van der Waals surface area contributed by atoms with Crippen molar-refractivity contribution in [2.45, 2.75) is 45.4 Å². The Hall–Kier alpha value is -0.930. The molecule has 5 heteroatoms. The van der Waals surface area contributed by atoms with Crippen molar-refractivity contribution in [3.8, 4) is 5.75 Å². The van der Waals surface area contributed by atoms with E-state index in [-0.39, 0.29) is 0 Å². The number of rotatable bonds is 9. The van der Waals surface area contributed by atoms with Crippen molar-refractivity contribution in [1.82, 2.24) is 0 Å². The number of hydrogen-bond donors (Lipinski definition) is 1. The van der Waals surface area contributed by atoms with Gasteiger partial charge in [-0.3, -0.25) is 0 Å². The fourth-order valence-electron chi connectivity index (χ4n) is 1.92. The Labute approximate surface area is 130 Å². The molecule has 0 aromatic heterocycles. The van der Waals surface area contributed by atoms with Crippen LogP contribution >= 0.6 is 23.2 Å². The molecule has 0 aliphatic heterocycles. The number of hydrogen-bond acceptors (Lipinski definition) is 3. The van der Waals surface area contributed by atoms with Crippen molar-refractivity contribution in [3.63, 3.8) is 0 Å². The lowest BCUT2D eigenvalue weighted by Gasteiger charge is -2.10. The summed E-state index contributed by atoms with van der Waals surface area (Å²) in [5.74, 6) is 0.497. The first kappa shape index (κ1) is 17.1. The monoisotopic (exact) mass is 317 g/mol. The molecule has 0 saturated heterocycles. The highest BCUT2D eigenvalue weighted by Crippen LogP contribution is 2.34. The minimum Gasteiger partial charge on any atom is -0.490 e. The van der Waals surface area contributed by atoms with Crippen molar-refractivity contribution in [2.24, 2.45) is 5.16 Å². The molecule has 0 aliphatic rings. The molecular weight excluding hydrogens is 297 g/mol. The van der Waals surface area contributed by atoms with E-state index in [0.29, 0.717) is 28.0 Å². The fourth-order valence-corrected chi connectivity index (χ4v) is 2.53. The number of oxime groups is 1. The molecule has 0 saturated carbocycles. The summed E-state index contributed by atoms with van der Waals surface area (Å²) in [6.45, 7) is 2.82. The van der Waals surface area contributed by atoms with Gasteiger partial charge in [0.25, 0.3) is 0 Å². The van der Waals surface area contributed by atoms with E-state index in [0.717, 1.165) is 12.8 Å². The van der Waals surface area contributed by atoms with Crippen molar-refractivity contribution < 1.29 is 9.94 Å². The van der Waals surface area contributed by atoms with Crippen molar-refractivity contribution in [1.29, 1.82) is 0 Å². The van der Waals surface area contributed by atoms with Crippen molar-refractivity contribution in [2.75, 3.05) is 6.61 Å². The van der Waals surface area contributed by atoms with Gasteiger partial charge in [0.1, 0.15) is 0 Å². The molecule has 0 bridgehead atoms. The van der Waals surface area contributed by atoms with Gasteiger partial charge in [0, 0.05) is 0 Å². The van der Waals surface area contributed by atoms with Gasteiger partial charge in [0.2, 0.25) is 0 Å². The van der Waals surface area contributed by atoms with E-state index in [2.05, 4.69) is 12.1 Å². The lowest BCUT2D eigenvalue weighted by Crippen LogP contribution is -1.99. The van der Waals surface area contributed by atoms with Crippen LogP contribution in [0.15, 0.2) is 17.3 Å². The van der Waals surface area contributed by atoms with Crippen LogP contribution in [0.4, 0.5) is 0 Å². The fraction of sp³-hybridized carbons (Fsp3) is 0.533. The van der Waals surface area contributed by atoms with E-state index in [4.69, 9.17) is 33.1 Å². The SMILES string of the molecule is CCCCCCCCOc1c(Cl)cc(/C=N/O)cc1Cl. The van der Waals surface area contributed by atoms with Gasteiger partial charge in [-0.1, -0.05) is 67.4 Å². The Morgan fingerprint density at radius 2 is 1.70 bits per heavy atom. The highest BCUT2D eigenvalue weighted by molar-refractivity contribution is 6.37. The van der Waals surface area contributed by atoms with Crippen LogP contribution in [-0.4, -0.2) is 18.0 Å². The van der Waals surface area contributed by atoms with Crippen LogP contribution in [0.5, 0.6) is 5.75 Å². The Bertz CT molecular complexity index is 413. The van der Waals surface area contributed by atoms with Gasteiger partial charge in [-0.25, -0.2) is 0 Å². The zero-order valence-corrected chi connectivity index (χ0v) is 13.3. The largest absolute Gasteiger partial charge is 0.490 e.